The molecule has 6 heteroatoms. The van der Waals surface area contributed by atoms with Crippen LogP contribution in [-0.4, -0.2) is 33.7 Å². The van der Waals surface area contributed by atoms with E-state index in [0.717, 1.165) is 31.0 Å². The Labute approximate surface area is 93.0 Å². The third-order valence-electron chi connectivity index (χ3n) is 3.27. The van der Waals surface area contributed by atoms with E-state index in [9.17, 15) is 4.79 Å². The van der Waals surface area contributed by atoms with Crippen LogP contribution in [0.4, 0.5) is 4.79 Å². The largest absolute Gasteiger partial charge is 0.379 e. The van der Waals surface area contributed by atoms with Gasteiger partial charge in [0.15, 0.2) is 0 Å². The molecule has 2 aliphatic heterocycles. The Bertz CT molecular complexity index is 422. The maximum absolute atomic E-state index is 11.1. The highest BCUT2D eigenvalue weighted by molar-refractivity contribution is 5.72. The van der Waals surface area contributed by atoms with Crippen LogP contribution in [0.5, 0.6) is 0 Å². The molecule has 1 aromatic heterocycles. The lowest BCUT2D eigenvalue weighted by atomic mass is 10.2. The Hall–Kier alpha value is -1.56. The standard InChI is InChI=1S/C10H14N4O2/c11-10(15)13-3-8-9(4-13)14(6-12-8)7-1-2-16-5-7/h6-7H,1-5H2,(H2,11,15). The van der Waals surface area contributed by atoms with Crippen molar-refractivity contribution in [3.05, 3.63) is 17.7 Å². The first-order valence-corrected chi connectivity index (χ1v) is 5.42. The van der Waals surface area contributed by atoms with Crippen molar-refractivity contribution in [2.75, 3.05) is 13.2 Å². The molecular weight excluding hydrogens is 208 g/mol. The molecule has 0 spiro atoms. The summed E-state index contributed by atoms with van der Waals surface area (Å²) >= 11 is 0. The Kier molecular flexibility index (Phi) is 2.10. The Morgan fingerprint density at radius 2 is 2.44 bits per heavy atom. The number of carbonyl (C=O) groups excluding carboxylic acids is 1. The highest BCUT2D eigenvalue weighted by atomic mass is 16.5. The van der Waals surface area contributed by atoms with Gasteiger partial charge in [-0.05, 0) is 6.42 Å². The van der Waals surface area contributed by atoms with Crippen LogP contribution in [0.1, 0.15) is 23.9 Å². The SMILES string of the molecule is NC(=O)N1Cc2ncn(C3CCOC3)c2C1. The Morgan fingerprint density at radius 1 is 1.56 bits per heavy atom. The van der Waals surface area contributed by atoms with E-state index in [0.29, 0.717) is 19.1 Å². The number of urea groups is 1. The minimum atomic E-state index is -0.382. The van der Waals surface area contributed by atoms with Crippen molar-refractivity contribution in [2.45, 2.75) is 25.6 Å². The number of aromatic nitrogens is 2. The molecule has 1 fully saturated rings. The molecule has 3 heterocycles. The van der Waals surface area contributed by atoms with Gasteiger partial charge in [0.25, 0.3) is 0 Å². The van der Waals surface area contributed by atoms with Crippen molar-refractivity contribution < 1.29 is 9.53 Å². The van der Waals surface area contributed by atoms with Gasteiger partial charge < -0.3 is 19.9 Å². The number of amides is 2. The fourth-order valence-corrected chi connectivity index (χ4v) is 2.36. The van der Waals surface area contributed by atoms with E-state index in [1.54, 1.807) is 4.90 Å². The number of imidazole rings is 1. The second-order valence-corrected chi connectivity index (χ2v) is 4.26. The molecule has 0 aliphatic carbocycles. The summed E-state index contributed by atoms with van der Waals surface area (Å²) in [4.78, 5) is 17.0. The highest BCUT2D eigenvalue weighted by Gasteiger charge is 2.29. The molecule has 2 amide bonds. The molecule has 3 rings (SSSR count). The van der Waals surface area contributed by atoms with Gasteiger partial charge in [0.2, 0.25) is 0 Å². The molecule has 1 unspecified atom stereocenters. The summed E-state index contributed by atoms with van der Waals surface area (Å²) in [5, 5.41) is 0. The normalized spacial score (nSPS) is 23.8. The molecule has 0 bridgehead atoms. The van der Waals surface area contributed by atoms with Crippen LogP contribution < -0.4 is 5.73 Å². The molecule has 2 aliphatic rings. The number of hydrogen-bond acceptors (Lipinski definition) is 3. The molecule has 16 heavy (non-hydrogen) atoms. The Morgan fingerprint density at radius 3 is 3.12 bits per heavy atom. The topological polar surface area (TPSA) is 73.4 Å². The highest BCUT2D eigenvalue weighted by Crippen LogP contribution is 2.27. The quantitative estimate of drug-likeness (QED) is 0.739. The van der Waals surface area contributed by atoms with Gasteiger partial charge in [-0.1, -0.05) is 0 Å². The van der Waals surface area contributed by atoms with Gasteiger partial charge >= 0.3 is 6.03 Å². The van der Waals surface area contributed by atoms with E-state index in [1.165, 1.54) is 0 Å². The van der Waals surface area contributed by atoms with Crippen LogP contribution in [0.15, 0.2) is 6.33 Å². The first kappa shape index (κ1) is 9.65. The molecular formula is C10H14N4O2. The van der Waals surface area contributed by atoms with Gasteiger partial charge in [-0.25, -0.2) is 9.78 Å². The van der Waals surface area contributed by atoms with Gasteiger partial charge in [0.1, 0.15) is 0 Å². The van der Waals surface area contributed by atoms with Crippen molar-refractivity contribution in [3.8, 4) is 0 Å². The van der Waals surface area contributed by atoms with Crippen LogP contribution in [0, 0.1) is 0 Å². The zero-order chi connectivity index (χ0) is 11.1. The lowest BCUT2D eigenvalue weighted by Gasteiger charge is -2.15. The van der Waals surface area contributed by atoms with E-state index < -0.39 is 0 Å². The number of nitrogens with two attached hydrogens (primary N) is 1. The van der Waals surface area contributed by atoms with Gasteiger partial charge in [0, 0.05) is 6.61 Å². The number of fused-ring (bicyclic) bond motifs is 1. The number of carbonyl (C=O) groups is 1. The first-order chi connectivity index (χ1) is 7.75. The molecule has 1 aromatic rings. The average molecular weight is 222 g/mol. The zero-order valence-electron chi connectivity index (χ0n) is 8.93. The molecule has 0 aromatic carbocycles. The minimum Gasteiger partial charge on any atom is -0.379 e. The fourth-order valence-electron chi connectivity index (χ4n) is 2.36. The number of rotatable bonds is 1. The minimum absolute atomic E-state index is 0.365. The zero-order valence-corrected chi connectivity index (χ0v) is 8.93. The maximum Gasteiger partial charge on any atom is 0.315 e. The van der Waals surface area contributed by atoms with Gasteiger partial charge in [-0.2, -0.15) is 0 Å². The second kappa shape index (κ2) is 3.48. The van der Waals surface area contributed by atoms with Crippen molar-refractivity contribution >= 4 is 6.03 Å². The van der Waals surface area contributed by atoms with Crippen molar-refractivity contribution in [2.24, 2.45) is 5.73 Å². The lowest BCUT2D eigenvalue weighted by molar-refractivity contribution is 0.185. The monoisotopic (exact) mass is 222 g/mol. The van der Waals surface area contributed by atoms with E-state index >= 15 is 0 Å². The van der Waals surface area contributed by atoms with Crippen LogP contribution in [0.2, 0.25) is 0 Å². The van der Waals surface area contributed by atoms with Crippen molar-refractivity contribution in [1.29, 1.82) is 0 Å². The van der Waals surface area contributed by atoms with E-state index in [4.69, 9.17) is 10.5 Å². The summed E-state index contributed by atoms with van der Waals surface area (Å²) in [6, 6.07) is -0.0173. The summed E-state index contributed by atoms with van der Waals surface area (Å²) in [6.07, 6.45) is 2.86. The molecule has 1 atom stereocenters. The predicted molar refractivity (Wildman–Crippen MR) is 55.5 cm³/mol. The van der Waals surface area contributed by atoms with E-state index in [-0.39, 0.29) is 6.03 Å². The average Bonchev–Trinajstić information content (AvgIpc) is 2.92. The lowest BCUT2D eigenvalue weighted by Crippen LogP contribution is -2.31. The summed E-state index contributed by atoms with van der Waals surface area (Å²) in [7, 11) is 0. The third-order valence-corrected chi connectivity index (χ3v) is 3.27. The van der Waals surface area contributed by atoms with Crippen LogP contribution in [0.3, 0.4) is 0 Å². The summed E-state index contributed by atoms with van der Waals surface area (Å²) in [5.74, 6) is 0. The summed E-state index contributed by atoms with van der Waals surface area (Å²) < 4.78 is 7.49. The van der Waals surface area contributed by atoms with Crippen molar-refractivity contribution in [1.82, 2.24) is 14.5 Å². The smallest absolute Gasteiger partial charge is 0.315 e. The van der Waals surface area contributed by atoms with Gasteiger partial charge in [0.05, 0.1) is 43.5 Å². The van der Waals surface area contributed by atoms with Crippen LogP contribution >= 0.6 is 0 Å². The third kappa shape index (κ3) is 1.37. The number of ether oxygens (including phenoxy) is 1. The molecule has 0 radical (unpaired) electrons. The summed E-state index contributed by atoms with van der Waals surface area (Å²) in [5.41, 5.74) is 7.33. The van der Waals surface area contributed by atoms with Gasteiger partial charge in [-0.15, -0.1) is 0 Å². The predicted octanol–water partition coefficient (Wildman–Crippen LogP) is 0.239. The molecule has 6 nitrogen and oxygen atoms in total. The molecule has 86 valence electrons. The second-order valence-electron chi connectivity index (χ2n) is 4.26. The van der Waals surface area contributed by atoms with Crippen LogP contribution in [0.25, 0.3) is 0 Å². The van der Waals surface area contributed by atoms with E-state index in [1.807, 2.05) is 6.33 Å². The Balaban J connectivity index is 1.86. The molecule has 0 saturated carbocycles. The number of hydrogen-bond donors (Lipinski definition) is 1. The van der Waals surface area contributed by atoms with E-state index in [2.05, 4.69) is 9.55 Å². The fraction of sp³-hybridized carbons (Fsp3) is 0.600. The van der Waals surface area contributed by atoms with Crippen molar-refractivity contribution in [3.63, 3.8) is 0 Å². The first-order valence-electron chi connectivity index (χ1n) is 5.42. The molecule has 1 saturated heterocycles. The van der Waals surface area contributed by atoms with Gasteiger partial charge in [-0.3, -0.25) is 0 Å². The molecule has 2 N–H and O–H groups in total. The van der Waals surface area contributed by atoms with Crippen LogP contribution in [-0.2, 0) is 17.8 Å². The summed E-state index contributed by atoms with van der Waals surface area (Å²) in [6.45, 7) is 2.64. The number of nitrogens with zero attached hydrogens (tertiary/aromatic N) is 3. The number of primary amides is 1. The maximum atomic E-state index is 11.1.